The molecule has 0 radical (unpaired) electrons. The number of amides is 1. The second-order valence-electron chi connectivity index (χ2n) is 5.97. The summed E-state index contributed by atoms with van der Waals surface area (Å²) >= 11 is 7.25. The maximum absolute atomic E-state index is 14.2. The Labute approximate surface area is 169 Å². The minimum Gasteiger partial charge on any atom is -0.467 e. The smallest absolute Gasteiger partial charge is 0.263 e. The first-order valence-electron chi connectivity index (χ1n) is 8.42. The molecule has 4 rings (SSSR count). The topological polar surface area (TPSA) is 46.3 Å². The maximum Gasteiger partial charge on any atom is 0.263 e. The minimum absolute atomic E-state index is 0.0164. The zero-order chi connectivity index (χ0) is 19.5. The van der Waals surface area contributed by atoms with Gasteiger partial charge in [0.2, 0.25) is 0 Å². The van der Waals surface area contributed by atoms with Crippen LogP contribution in [0.2, 0.25) is 5.02 Å². The SMILES string of the molecule is O=C(c1ccccc1F)N(Cc1ccco1)c1nc(-c2ccc(Cl)cc2)cs1. The Morgan fingerprint density at radius 2 is 1.89 bits per heavy atom. The van der Waals surface area contributed by atoms with Crippen molar-refractivity contribution in [3.05, 3.63) is 94.5 Å². The van der Waals surface area contributed by atoms with Crippen LogP contribution in [-0.4, -0.2) is 10.9 Å². The van der Waals surface area contributed by atoms with Crippen molar-refractivity contribution in [2.24, 2.45) is 0 Å². The molecule has 140 valence electrons. The van der Waals surface area contributed by atoms with Crippen LogP contribution in [0.5, 0.6) is 0 Å². The van der Waals surface area contributed by atoms with Gasteiger partial charge in [0, 0.05) is 16.0 Å². The summed E-state index contributed by atoms with van der Waals surface area (Å²) in [7, 11) is 0. The fourth-order valence-corrected chi connectivity index (χ4v) is 3.66. The quantitative estimate of drug-likeness (QED) is 0.401. The number of anilines is 1. The molecular formula is C21H14ClFN2O2S. The van der Waals surface area contributed by atoms with Gasteiger partial charge in [-0.25, -0.2) is 9.37 Å². The third-order valence-corrected chi connectivity index (χ3v) is 5.22. The van der Waals surface area contributed by atoms with Gasteiger partial charge in [-0.2, -0.15) is 0 Å². The normalized spacial score (nSPS) is 10.8. The molecule has 0 N–H and O–H groups in total. The lowest BCUT2D eigenvalue weighted by Gasteiger charge is -2.19. The number of nitrogens with zero attached hydrogens (tertiary/aromatic N) is 2. The Balaban J connectivity index is 1.70. The highest BCUT2D eigenvalue weighted by molar-refractivity contribution is 7.14. The van der Waals surface area contributed by atoms with Gasteiger partial charge in [-0.15, -0.1) is 11.3 Å². The van der Waals surface area contributed by atoms with Gasteiger partial charge in [0.05, 0.1) is 24.1 Å². The van der Waals surface area contributed by atoms with Gasteiger partial charge in [0.1, 0.15) is 11.6 Å². The van der Waals surface area contributed by atoms with Crippen molar-refractivity contribution in [2.75, 3.05) is 4.90 Å². The number of aromatic nitrogens is 1. The van der Waals surface area contributed by atoms with E-state index in [-0.39, 0.29) is 12.1 Å². The molecule has 0 aliphatic carbocycles. The van der Waals surface area contributed by atoms with Crippen molar-refractivity contribution in [3.63, 3.8) is 0 Å². The molecule has 2 heterocycles. The van der Waals surface area contributed by atoms with Crippen LogP contribution in [0.25, 0.3) is 11.3 Å². The predicted molar refractivity (Wildman–Crippen MR) is 108 cm³/mol. The molecule has 4 nitrogen and oxygen atoms in total. The zero-order valence-corrected chi connectivity index (χ0v) is 16.1. The van der Waals surface area contributed by atoms with E-state index in [1.54, 1.807) is 36.4 Å². The fraction of sp³-hybridized carbons (Fsp3) is 0.0476. The molecule has 4 aromatic rings. The summed E-state index contributed by atoms with van der Waals surface area (Å²) < 4.78 is 19.6. The number of hydrogen-bond donors (Lipinski definition) is 0. The largest absolute Gasteiger partial charge is 0.467 e. The van der Waals surface area contributed by atoms with E-state index in [2.05, 4.69) is 4.98 Å². The third kappa shape index (κ3) is 3.83. The molecule has 2 aromatic heterocycles. The van der Waals surface area contributed by atoms with Crippen LogP contribution >= 0.6 is 22.9 Å². The highest BCUT2D eigenvalue weighted by Gasteiger charge is 2.24. The lowest BCUT2D eigenvalue weighted by Crippen LogP contribution is -2.30. The Hall–Kier alpha value is -2.96. The van der Waals surface area contributed by atoms with Crippen molar-refractivity contribution >= 4 is 34.0 Å². The number of halogens is 2. The molecule has 0 atom stereocenters. The van der Waals surface area contributed by atoms with Crippen molar-refractivity contribution in [1.29, 1.82) is 0 Å². The summed E-state index contributed by atoms with van der Waals surface area (Å²) in [5.74, 6) is -0.481. The van der Waals surface area contributed by atoms with E-state index in [1.165, 1.54) is 34.6 Å². The van der Waals surface area contributed by atoms with E-state index in [4.69, 9.17) is 16.0 Å². The van der Waals surface area contributed by atoms with Crippen molar-refractivity contribution in [1.82, 2.24) is 4.98 Å². The van der Waals surface area contributed by atoms with E-state index in [0.29, 0.717) is 21.6 Å². The third-order valence-electron chi connectivity index (χ3n) is 4.11. The molecule has 0 saturated carbocycles. The van der Waals surface area contributed by atoms with Gasteiger partial charge >= 0.3 is 0 Å². The maximum atomic E-state index is 14.2. The molecule has 2 aromatic carbocycles. The number of carbonyl (C=O) groups is 1. The molecule has 0 spiro atoms. The molecular weight excluding hydrogens is 399 g/mol. The standard InChI is InChI=1S/C21H14ClFN2O2S/c22-15-9-7-14(8-10-15)19-13-28-21(24-19)25(12-16-4-3-11-27-16)20(26)17-5-1-2-6-18(17)23/h1-11,13H,12H2. The zero-order valence-electron chi connectivity index (χ0n) is 14.5. The van der Waals surface area contributed by atoms with Crippen LogP contribution in [0.15, 0.2) is 76.7 Å². The Morgan fingerprint density at radius 3 is 2.61 bits per heavy atom. The van der Waals surface area contributed by atoms with Gasteiger partial charge in [-0.05, 0) is 36.4 Å². The summed E-state index contributed by atoms with van der Waals surface area (Å²) in [6, 6.07) is 16.7. The van der Waals surface area contributed by atoms with E-state index >= 15 is 0 Å². The Bertz CT molecular complexity index is 1090. The molecule has 0 aliphatic rings. The van der Waals surface area contributed by atoms with Crippen molar-refractivity contribution < 1.29 is 13.6 Å². The second-order valence-corrected chi connectivity index (χ2v) is 7.25. The van der Waals surface area contributed by atoms with Crippen molar-refractivity contribution in [2.45, 2.75) is 6.54 Å². The fourth-order valence-electron chi connectivity index (χ4n) is 2.71. The van der Waals surface area contributed by atoms with Gasteiger partial charge in [-0.1, -0.05) is 35.9 Å². The van der Waals surface area contributed by atoms with Crippen LogP contribution in [0.3, 0.4) is 0 Å². The van der Waals surface area contributed by atoms with Gasteiger partial charge in [-0.3, -0.25) is 9.69 Å². The predicted octanol–water partition coefficient (Wildman–Crippen LogP) is 6.04. The first-order valence-corrected chi connectivity index (χ1v) is 9.68. The van der Waals surface area contributed by atoms with Gasteiger partial charge < -0.3 is 4.42 Å². The molecule has 28 heavy (non-hydrogen) atoms. The lowest BCUT2D eigenvalue weighted by atomic mass is 10.2. The molecule has 0 saturated heterocycles. The number of furan rings is 1. The van der Waals surface area contributed by atoms with E-state index in [1.807, 2.05) is 17.5 Å². The molecule has 0 fully saturated rings. The first kappa shape index (κ1) is 18.4. The summed E-state index contributed by atoms with van der Waals surface area (Å²) in [5, 5.41) is 2.94. The molecule has 7 heteroatoms. The van der Waals surface area contributed by atoms with Gasteiger partial charge in [0.15, 0.2) is 5.13 Å². The van der Waals surface area contributed by atoms with Crippen LogP contribution in [-0.2, 0) is 6.54 Å². The van der Waals surface area contributed by atoms with Crippen LogP contribution < -0.4 is 4.90 Å². The molecule has 0 bridgehead atoms. The summed E-state index contributed by atoms with van der Waals surface area (Å²) in [5.41, 5.74) is 1.57. The summed E-state index contributed by atoms with van der Waals surface area (Å²) in [4.78, 5) is 19.1. The highest BCUT2D eigenvalue weighted by atomic mass is 35.5. The highest BCUT2D eigenvalue weighted by Crippen LogP contribution is 2.30. The van der Waals surface area contributed by atoms with Crippen LogP contribution in [0, 0.1) is 5.82 Å². The number of thiazole rings is 1. The van der Waals surface area contributed by atoms with Crippen molar-refractivity contribution in [3.8, 4) is 11.3 Å². The summed E-state index contributed by atoms with van der Waals surface area (Å²) in [6.07, 6.45) is 1.53. The summed E-state index contributed by atoms with van der Waals surface area (Å²) in [6.45, 7) is 0.147. The van der Waals surface area contributed by atoms with E-state index in [9.17, 15) is 9.18 Å². The number of rotatable bonds is 5. The molecule has 1 amide bonds. The Kier molecular flexibility index (Phi) is 5.23. The van der Waals surface area contributed by atoms with E-state index in [0.717, 1.165) is 5.56 Å². The average molecular weight is 413 g/mol. The number of carbonyl (C=O) groups excluding carboxylic acids is 1. The molecule has 0 unspecified atom stereocenters. The lowest BCUT2D eigenvalue weighted by molar-refractivity contribution is 0.0979. The first-order chi connectivity index (χ1) is 13.6. The van der Waals surface area contributed by atoms with Gasteiger partial charge in [0.25, 0.3) is 5.91 Å². The van der Waals surface area contributed by atoms with E-state index < -0.39 is 11.7 Å². The molecule has 0 aliphatic heterocycles. The monoisotopic (exact) mass is 412 g/mol. The van der Waals surface area contributed by atoms with Crippen LogP contribution in [0.4, 0.5) is 9.52 Å². The van der Waals surface area contributed by atoms with Crippen LogP contribution in [0.1, 0.15) is 16.1 Å². The number of hydrogen-bond acceptors (Lipinski definition) is 4. The second kappa shape index (κ2) is 7.96. The Morgan fingerprint density at radius 1 is 1.11 bits per heavy atom. The minimum atomic E-state index is -0.577. The number of benzene rings is 2. The average Bonchev–Trinajstić information content (AvgIpc) is 3.39.